The van der Waals surface area contributed by atoms with Crippen molar-refractivity contribution in [1.82, 2.24) is 20.5 Å². The lowest BCUT2D eigenvalue weighted by Gasteiger charge is -2.26. The summed E-state index contributed by atoms with van der Waals surface area (Å²) in [5.74, 6) is -1.74. The standard InChI is InChI=1S/C36H40F3N5O6S2/c1-23-21-51-34(42-23)31-12-7-13-44(31)35(47)27-16-26(17-28(18-27)41-22-52(2,48)49)33(46)43-30(15-24-8-4-3-5-9-24)32(45)20-40-19-25-10-6-11-29(14-25)50-36(37,38)39/h3-6,8-11,14,16-18,21,30-32,40-41,45H,7,12-13,15,19-20,22H2,1-2H3,(H,43,46)/t30-,31+,32+/m0/s1. The molecule has 0 saturated carbocycles. The average Bonchev–Trinajstić information content (AvgIpc) is 3.75. The Labute approximate surface area is 304 Å². The van der Waals surface area contributed by atoms with E-state index in [1.54, 1.807) is 11.0 Å². The van der Waals surface area contributed by atoms with Gasteiger partial charge < -0.3 is 30.7 Å². The molecule has 4 aromatic rings. The van der Waals surface area contributed by atoms with E-state index < -0.39 is 40.1 Å². The van der Waals surface area contributed by atoms with Crippen LogP contribution in [0.1, 0.15) is 61.4 Å². The highest BCUT2D eigenvalue weighted by Gasteiger charge is 2.34. The van der Waals surface area contributed by atoms with Crippen LogP contribution in [0, 0.1) is 6.92 Å². The van der Waals surface area contributed by atoms with Crippen molar-refractivity contribution in [2.24, 2.45) is 0 Å². The number of thiazole rings is 1. The lowest BCUT2D eigenvalue weighted by atomic mass is 10.00. The SMILES string of the molecule is Cc1csc([C@H]2CCCN2C(=O)c2cc(NCS(C)(=O)=O)cc(C(=O)N[C@@H](Cc3ccccc3)[C@H](O)CNCc3cccc(OC(F)(F)F)c3)c2)n1. The van der Waals surface area contributed by atoms with Gasteiger partial charge in [-0.05, 0) is 67.6 Å². The van der Waals surface area contributed by atoms with Gasteiger partial charge in [0.15, 0.2) is 9.84 Å². The first-order valence-corrected chi connectivity index (χ1v) is 19.5. The first kappa shape index (κ1) is 38.7. The van der Waals surface area contributed by atoms with Gasteiger partial charge in [0.05, 0.1) is 18.2 Å². The number of hydrogen-bond donors (Lipinski definition) is 4. The Bertz CT molecular complexity index is 1960. The van der Waals surface area contributed by atoms with E-state index in [4.69, 9.17) is 0 Å². The third-order valence-corrected chi connectivity index (χ3v) is 10.0. The van der Waals surface area contributed by atoms with Crippen molar-refractivity contribution in [2.45, 2.75) is 57.3 Å². The quantitative estimate of drug-likeness (QED) is 0.128. The van der Waals surface area contributed by atoms with Crippen LogP contribution in [0.15, 0.2) is 78.2 Å². The molecule has 1 aromatic heterocycles. The fourth-order valence-corrected chi connectivity index (χ4v) is 7.29. The Morgan fingerprint density at radius 1 is 1.06 bits per heavy atom. The Morgan fingerprint density at radius 2 is 1.79 bits per heavy atom. The summed E-state index contributed by atoms with van der Waals surface area (Å²) in [6.07, 6.45) is -3.19. The summed E-state index contributed by atoms with van der Waals surface area (Å²) in [5.41, 5.74) is 2.67. The van der Waals surface area contributed by atoms with E-state index >= 15 is 0 Å². The molecule has 1 saturated heterocycles. The number of carbonyl (C=O) groups is 2. The topological polar surface area (TPSA) is 150 Å². The van der Waals surface area contributed by atoms with Crippen LogP contribution in [0.4, 0.5) is 18.9 Å². The molecule has 3 atom stereocenters. The summed E-state index contributed by atoms with van der Waals surface area (Å²) in [4.78, 5) is 34.2. The van der Waals surface area contributed by atoms with E-state index in [1.165, 1.54) is 47.7 Å². The average molecular weight is 760 g/mol. The van der Waals surface area contributed by atoms with Gasteiger partial charge in [-0.15, -0.1) is 24.5 Å². The molecule has 1 aliphatic heterocycles. The first-order chi connectivity index (χ1) is 24.6. The number of carbonyl (C=O) groups excluding carboxylic acids is 2. The van der Waals surface area contributed by atoms with Crippen LogP contribution in [-0.2, 0) is 22.8 Å². The maximum Gasteiger partial charge on any atom is 0.573 e. The Morgan fingerprint density at radius 3 is 2.48 bits per heavy atom. The number of hydrogen-bond acceptors (Lipinski definition) is 10. The number of anilines is 1. The van der Waals surface area contributed by atoms with E-state index in [1.807, 2.05) is 42.6 Å². The minimum absolute atomic E-state index is 0.0333. The van der Waals surface area contributed by atoms with Crippen LogP contribution < -0.4 is 20.7 Å². The van der Waals surface area contributed by atoms with Crippen LogP contribution in [0.2, 0.25) is 0 Å². The second-order valence-corrected chi connectivity index (χ2v) is 15.7. The fourth-order valence-electron chi connectivity index (χ4n) is 5.92. The fraction of sp³-hybridized carbons (Fsp3) is 0.361. The minimum atomic E-state index is -4.83. The zero-order valence-electron chi connectivity index (χ0n) is 28.5. The predicted octanol–water partition coefficient (Wildman–Crippen LogP) is 5.23. The summed E-state index contributed by atoms with van der Waals surface area (Å²) >= 11 is 1.48. The van der Waals surface area contributed by atoms with E-state index in [2.05, 4.69) is 25.7 Å². The number of nitrogens with zero attached hydrogens (tertiary/aromatic N) is 2. The summed E-state index contributed by atoms with van der Waals surface area (Å²) in [6.45, 7) is 2.45. The van der Waals surface area contributed by atoms with E-state index in [0.717, 1.165) is 35.4 Å². The van der Waals surface area contributed by atoms with Crippen LogP contribution in [0.3, 0.4) is 0 Å². The van der Waals surface area contributed by atoms with Crippen LogP contribution in [0.5, 0.6) is 5.75 Å². The number of amides is 2. The van der Waals surface area contributed by atoms with Gasteiger partial charge in [-0.1, -0.05) is 42.5 Å². The molecule has 0 spiro atoms. The second kappa shape index (κ2) is 16.9. The van der Waals surface area contributed by atoms with E-state index in [0.29, 0.717) is 12.1 Å². The van der Waals surface area contributed by atoms with Gasteiger partial charge in [-0.25, -0.2) is 13.4 Å². The molecule has 278 valence electrons. The molecule has 11 nitrogen and oxygen atoms in total. The molecule has 0 aliphatic carbocycles. The van der Waals surface area contributed by atoms with Crippen molar-refractivity contribution in [1.29, 1.82) is 0 Å². The molecule has 0 radical (unpaired) electrons. The number of nitrogens with one attached hydrogen (secondary N) is 3. The number of ether oxygens (including phenoxy) is 1. The zero-order valence-corrected chi connectivity index (χ0v) is 30.2. The molecule has 2 amide bonds. The van der Waals surface area contributed by atoms with Gasteiger partial charge in [0.25, 0.3) is 11.8 Å². The molecular formula is C36H40F3N5O6S2. The molecule has 5 rings (SSSR count). The maximum atomic E-state index is 14.0. The molecular weight excluding hydrogens is 720 g/mol. The molecule has 52 heavy (non-hydrogen) atoms. The molecule has 1 aliphatic rings. The number of alkyl halides is 3. The van der Waals surface area contributed by atoms with Gasteiger partial charge in [-0.2, -0.15) is 0 Å². The van der Waals surface area contributed by atoms with Gasteiger partial charge in [0.2, 0.25) is 0 Å². The van der Waals surface area contributed by atoms with Gasteiger partial charge in [0, 0.05) is 53.8 Å². The molecule has 1 fully saturated rings. The number of aromatic nitrogens is 1. The summed E-state index contributed by atoms with van der Waals surface area (Å²) in [5, 5.41) is 22.8. The van der Waals surface area contributed by atoms with E-state index in [-0.39, 0.29) is 54.0 Å². The van der Waals surface area contributed by atoms with Crippen molar-refractivity contribution in [3.05, 3.63) is 111 Å². The molecule has 3 aromatic carbocycles. The molecule has 0 bridgehead atoms. The first-order valence-electron chi connectivity index (χ1n) is 16.5. The Kier molecular flexibility index (Phi) is 12.6. The highest BCUT2D eigenvalue weighted by molar-refractivity contribution is 7.90. The second-order valence-electron chi connectivity index (χ2n) is 12.7. The molecule has 2 heterocycles. The predicted molar refractivity (Wildman–Crippen MR) is 192 cm³/mol. The number of rotatable bonds is 15. The maximum absolute atomic E-state index is 14.0. The third kappa shape index (κ3) is 11.2. The molecule has 16 heteroatoms. The zero-order chi connectivity index (χ0) is 37.5. The number of benzene rings is 3. The molecule has 4 N–H and O–H groups in total. The number of aryl methyl sites for hydroxylation is 1. The lowest BCUT2D eigenvalue weighted by Crippen LogP contribution is -2.48. The van der Waals surface area contributed by atoms with Crippen LogP contribution in [-0.4, -0.2) is 79.0 Å². The monoisotopic (exact) mass is 759 g/mol. The van der Waals surface area contributed by atoms with Crippen molar-refractivity contribution in [3.63, 3.8) is 0 Å². The molecule has 0 unspecified atom stereocenters. The van der Waals surface area contributed by atoms with Gasteiger partial charge >= 0.3 is 6.36 Å². The highest BCUT2D eigenvalue weighted by Crippen LogP contribution is 2.35. The summed E-state index contributed by atoms with van der Waals surface area (Å²) in [6, 6.07) is 18.0. The van der Waals surface area contributed by atoms with Crippen LogP contribution in [0.25, 0.3) is 0 Å². The Hall–Kier alpha value is -4.51. The number of aliphatic hydroxyl groups is 1. The number of sulfone groups is 1. The largest absolute Gasteiger partial charge is 0.573 e. The Balaban J connectivity index is 1.36. The number of halogens is 3. The van der Waals surface area contributed by atoms with Crippen molar-refractivity contribution in [2.75, 3.05) is 30.5 Å². The highest BCUT2D eigenvalue weighted by atomic mass is 32.2. The minimum Gasteiger partial charge on any atom is -0.406 e. The normalized spacial score (nSPS) is 16.0. The number of aliphatic hydroxyl groups excluding tert-OH is 1. The summed E-state index contributed by atoms with van der Waals surface area (Å²) in [7, 11) is -3.46. The number of likely N-dealkylation sites (tertiary alicyclic amines) is 1. The van der Waals surface area contributed by atoms with Gasteiger partial charge in [-0.3, -0.25) is 9.59 Å². The van der Waals surface area contributed by atoms with E-state index in [9.17, 15) is 36.3 Å². The van der Waals surface area contributed by atoms with Gasteiger partial charge in [0.1, 0.15) is 16.6 Å². The smallest absolute Gasteiger partial charge is 0.406 e. The lowest BCUT2D eigenvalue weighted by molar-refractivity contribution is -0.274. The van der Waals surface area contributed by atoms with Crippen molar-refractivity contribution < 1.29 is 41.0 Å². The van der Waals surface area contributed by atoms with Crippen molar-refractivity contribution in [3.8, 4) is 5.75 Å². The third-order valence-electron chi connectivity index (χ3n) is 8.31. The van der Waals surface area contributed by atoms with Crippen molar-refractivity contribution >= 4 is 38.7 Å². The van der Waals surface area contributed by atoms with Crippen LogP contribution >= 0.6 is 11.3 Å². The summed E-state index contributed by atoms with van der Waals surface area (Å²) < 4.78 is 66.0.